The molecule has 0 aliphatic carbocycles. The van der Waals surface area contributed by atoms with Gasteiger partial charge in [-0.2, -0.15) is 0 Å². The first-order chi connectivity index (χ1) is 13.1. The molecule has 0 radical (unpaired) electrons. The largest absolute Gasteiger partial charge is 0.349 e. The van der Waals surface area contributed by atoms with Crippen molar-refractivity contribution in [3.8, 4) is 0 Å². The summed E-state index contributed by atoms with van der Waals surface area (Å²) < 4.78 is 2.14. The summed E-state index contributed by atoms with van der Waals surface area (Å²) in [7, 11) is 0. The number of hydrogen-bond acceptors (Lipinski definition) is 4. The quantitative estimate of drug-likeness (QED) is 0.774. The van der Waals surface area contributed by atoms with E-state index in [1.165, 1.54) is 5.69 Å². The van der Waals surface area contributed by atoms with Crippen molar-refractivity contribution >= 4 is 11.7 Å². The summed E-state index contributed by atoms with van der Waals surface area (Å²) in [5.41, 5.74) is 4.05. The van der Waals surface area contributed by atoms with Gasteiger partial charge in [0.1, 0.15) is 0 Å². The number of benzene rings is 1. The van der Waals surface area contributed by atoms with Crippen molar-refractivity contribution in [1.82, 2.24) is 24.6 Å². The number of carbonyl (C=O) groups excluding carboxylic acids is 1. The van der Waals surface area contributed by atoms with Gasteiger partial charge >= 0.3 is 0 Å². The number of fused-ring (bicyclic) bond motifs is 1. The van der Waals surface area contributed by atoms with Gasteiger partial charge in [0.15, 0.2) is 0 Å². The highest BCUT2D eigenvalue weighted by Gasteiger charge is 2.22. The van der Waals surface area contributed by atoms with Gasteiger partial charge < -0.3 is 5.32 Å². The standard InChI is InChI=1S/C21H25N5O/c1-15-12-16(2)26-19(13-22-21(26)23-15)14-25-10-8-18(9-11-25)24-20(27)17-6-4-3-5-7-17/h3-7,12-13,18H,8-11,14H2,1-2H3,(H,24,27). The number of aromatic nitrogens is 3. The van der Waals surface area contributed by atoms with E-state index in [4.69, 9.17) is 0 Å². The van der Waals surface area contributed by atoms with Crippen LogP contribution in [0.5, 0.6) is 0 Å². The van der Waals surface area contributed by atoms with Crippen molar-refractivity contribution in [2.24, 2.45) is 0 Å². The molecule has 6 heteroatoms. The van der Waals surface area contributed by atoms with Crippen LogP contribution in [0.4, 0.5) is 0 Å². The van der Waals surface area contributed by atoms with Crippen LogP contribution in [0.15, 0.2) is 42.6 Å². The predicted octanol–water partition coefficient (Wildman–Crippen LogP) is 2.74. The Kier molecular flexibility index (Phi) is 4.90. The average Bonchev–Trinajstić information content (AvgIpc) is 3.07. The Morgan fingerprint density at radius 1 is 1.19 bits per heavy atom. The molecule has 0 saturated carbocycles. The number of hydrogen-bond donors (Lipinski definition) is 1. The Morgan fingerprint density at radius 2 is 1.93 bits per heavy atom. The van der Waals surface area contributed by atoms with E-state index in [-0.39, 0.29) is 11.9 Å². The zero-order valence-electron chi connectivity index (χ0n) is 15.9. The Hall–Kier alpha value is -2.73. The SMILES string of the molecule is Cc1cc(C)n2c(CN3CCC(NC(=O)c4ccccc4)CC3)cnc2n1. The third-order valence-corrected chi connectivity index (χ3v) is 5.21. The van der Waals surface area contributed by atoms with E-state index in [0.717, 1.165) is 55.2 Å². The number of carbonyl (C=O) groups is 1. The first-order valence-electron chi connectivity index (χ1n) is 9.49. The van der Waals surface area contributed by atoms with Crippen LogP contribution < -0.4 is 5.32 Å². The van der Waals surface area contributed by atoms with Gasteiger partial charge in [0, 0.05) is 42.6 Å². The second-order valence-electron chi connectivity index (χ2n) is 7.31. The summed E-state index contributed by atoms with van der Waals surface area (Å²) in [6, 6.07) is 11.7. The van der Waals surface area contributed by atoms with Crippen LogP contribution in [0.3, 0.4) is 0 Å². The molecule has 2 aromatic heterocycles. The third-order valence-electron chi connectivity index (χ3n) is 5.21. The number of nitrogens with zero attached hydrogens (tertiary/aromatic N) is 4. The van der Waals surface area contributed by atoms with Crippen molar-refractivity contribution in [3.05, 3.63) is 65.2 Å². The maximum atomic E-state index is 12.3. The third kappa shape index (κ3) is 3.85. The Labute approximate surface area is 159 Å². The molecule has 1 N–H and O–H groups in total. The van der Waals surface area contributed by atoms with Crippen LogP contribution in [0, 0.1) is 13.8 Å². The van der Waals surface area contributed by atoms with Gasteiger partial charge in [0.2, 0.25) is 5.78 Å². The topological polar surface area (TPSA) is 62.5 Å². The Bertz CT molecular complexity index is 942. The second kappa shape index (κ2) is 7.48. The van der Waals surface area contributed by atoms with Crippen molar-refractivity contribution < 1.29 is 4.79 Å². The van der Waals surface area contributed by atoms with Crippen molar-refractivity contribution in [3.63, 3.8) is 0 Å². The summed E-state index contributed by atoms with van der Waals surface area (Å²) in [5.74, 6) is 0.792. The highest BCUT2D eigenvalue weighted by atomic mass is 16.1. The van der Waals surface area contributed by atoms with Gasteiger partial charge in [-0.15, -0.1) is 0 Å². The van der Waals surface area contributed by atoms with Gasteiger partial charge in [0.05, 0.1) is 11.9 Å². The molecular weight excluding hydrogens is 338 g/mol. The maximum Gasteiger partial charge on any atom is 0.251 e. The van der Waals surface area contributed by atoms with E-state index in [1.54, 1.807) is 0 Å². The molecule has 4 rings (SSSR count). The smallest absolute Gasteiger partial charge is 0.251 e. The molecule has 3 heterocycles. The van der Waals surface area contributed by atoms with Gasteiger partial charge in [-0.3, -0.25) is 14.1 Å². The first kappa shape index (κ1) is 17.7. The highest BCUT2D eigenvalue weighted by molar-refractivity contribution is 5.94. The van der Waals surface area contributed by atoms with Gasteiger partial charge in [-0.1, -0.05) is 18.2 Å². The molecule has 1 aliphatic rings. The van der Waals surface area contributed by atoms with Crippen LogP contribution in [0.1, 0.15) is 40.3 Å². The average molecular weight is 363 g/mol. The molecule has 6 nitrogen and oxygen atoms in total. The van der Waals surface area contributed by atoms with Crippen LogP contribution in [-0.4, -0.2) is 44.3 Å². The lowest BCUT2D eigenvalue weighted by molar-refractivity contribution is 0.0908. The molecule has 1 aromatic carbocycles. The lowest BCUT2D eigenvalue weighted by Gasteiger charge is -2.32. The monoisotopic (exact) mass is 363 g/mol. The van der Waals surface area contributed by atoms with Crippen LogP contribution in [-0.2, 0) is 6.54 Å². The van der Waals surface area contributed by atoms with E-state index < -0.39 is 0 Å². The minimum Gasteiger partial charge on any atom is -0.349 e. The highest BCUT2D eigenvalue weighted by Crippen LogP contribution is 2.17. The number of amides is 1. The first-order valence-corrected chi connectivity index (χ1v) is 9.49. The summed E-state index contributed by atoms with van der Waals surface area (Å²) >= 11 is 0. The van der Waals surface area contributed by atoms with Crippen LogP contribution in [0.2, 0.25) is 0 Å². The molecule has 0 bridgehead atoms. The second-order valence-corrected chi connectivity index (χ2v) is 7.31. The molecule has 27 heavy (non-hydrogen) atoms. The number of aryl methyl sites for hydroxylation is 2. The maximum absolute atomic E-state index is 12.3. The van der Waals surface area contributed by atoms with Crippen molar-refractivity contribution in [2.45, 2.75) is 39.3 Å². The predicted molar refractivity (Wildman–Crippen MR) is 105 cm³/mol. The van der Waals surface area contributed by atoms with E-state index >= 15 is 0 Å². The molecule has 140 valence electrons. The Morgan fingerprint density at radius 3 is 2.67 bits per heavy atom. The van der Waals surface area contributed by atoms with Gasteiger partial charge in [-0.05, 0) is 44.9 Å². The number of nitrogens with one attached hydrogen (secondary N) is 1. The van der Waals surface area contributed by atoms with E-state index in [2.05, 4.69) is 37.6 Å². The molecule has 0 atom stereocenters. The van der Waals surface area contributed by atoms with E-state index in [1.807, 2.05) is 43.5 Å². The molecular formula is C21H25N5O. The number of rotatable bonds is 4. The summed E-state index contributed by atoms with van der Waals surface area (Å²) in [6.07, 6.45) is 3.86. The number of piperidine rings is 1. The minimum atomic E-state index is 0.0212. The van der Waals surface area contributed by atoms with Crippen LogP contribution >= 0.6 is 0 Å². The molecule has 0 spiro atoms. The zero-order chi connectivity index (χ0) is 18.8. The summed E-state index contributed by atoms with van der Waals surface area (Å²) in [6.45, 7) is 6.87. The van der Waals surface area contributed by atoms with Gasteiger partial charge in [-0.25, -0.2) is 9.97 Å². The minimum absolute atomic E-state index is 0.0212. The molecule has 1 aliphatic heterocycles. The fourth-order valence-corrected chi connectivity index (χ4v) is 3.83. The molecule has 3 aromatic rings. The molecule has 1 fully saturated rings. The summed E-state index contributed by atoms with van der Waals surface area (Å²) in [5, 5.41) is 3.17. The normalized spacial score (nSPS) is 15.9. The molecule has 0 unspecified atom stereocenters. The lowest BCUT2D eigenvalue weighted by Crippen LogP contribution is -2.44. The fraction of sp³-hybridized carbons (Fsp3) is 0.381. The Balaban J connectivity index is 1.36. The number of imidazole rings is 1. The van der Waals surface area contributed by atoms with E-state index in [0.29, 0.717) is 0 Å². The lowest BCUT2D eigenvalue weighted by atomic mass is 10.0. The fourth-order valence-electron chi connectivity index (χ4n) is 3.83. The number of likely N-dealkylation sites (tertiary alicyclic amines) is 1. The van der Waals surface area contributed by atoms with Gasteiger partial charge in [0.25, 0.3) is 5.91 Å². The van der Waals surface area contributed by atoms with Crippen molar-refractivity contribution in [2.75, 3.05) is 13.1 Å². The zero-order valence-corrected chi connectivity index (χ0v) is 15.9. The van der Waals surface area contributed by atoms with E-state index in [9.17, 15) is 4.79 Å². The van der Waals surface area contributed by atoms with Crippen molar-refractivity contribution in [1.29, 1.82) is 0 Å². The van der Waals surface area contributed by atoms with Crippen LogP contribution in [0.25, 0.3) is 5.78 Å². The summed E-state index contributed by atoms with van der Waals surface area (Å²) in [4.78, 5) is 23.7. The molecule has 1 amide bonds. The molecule has 1 saturated heterocycles.